The number of ether oxygens (including phenoxy) is 2. The Hall–Kier alpha value is -1.22. The van der Waals surface area contributed by atoms with Crippen molar-refractivity contribution in [3.05, 3.63) is 23.3 Å². The van der Waals surface area contributed by atoms with E-state index in [1.54, 1.807) is 14.2 Å². The van der Waals surface area contributed by atoms with E-state index in [-0.39, 0.29) is 0 Å². The number of hydrogen-bond acceptors (Lipinski definition) is 3. The molecule has 0 spiro atoms. The third kappa shape index (κ3) is 1.92. The zero-order chi connectivity index (χ0) is 10.8. The molecule has 0 aromatic heterocycles. The second kappa shape index (κ2) is 4.11. The van der Waals surface area contributed by atoms with Crippen molar-refractivity contribution in [3.8, 4) is 11.5 Å². The molecule has 3 nitrogen and oxygen atoms in total. The lowest BCUT2D eigenvalue weighted by atomic mass is 9.99. The van der Waals surface area contributed by atoms with Gasteiger partial charge in [-0.25, -0.2) is 0 Å². The van der Waals surface area contributed by atoms with Gasteiger partial charge in [0.05, 0.1) is 14.2 Å². The highest BCUT2D eigenvalue weighted by Gasteiger charge is 2.18. The van der Waals surface area contributed by atoms with E-state index in [1.165, 1.54) is 11.1 Å². The van der Waals surface area contributed by atoms with Crippen molar-refractivity contribution in [1.29, 1.82) is 0 Å². The number of likely N-dealkylation sites (N-methyl/N-ethyl adjacent to an activating group) is 1. The van der Waals surface area contributed by atoms with Crippen LogP contribution in [-0.2, 0) is 13.0 Å². The number of fused-ring (bicyclic) bond motifs is 1. The van der Waals surface area contributed by atoms with E-state index in [0.717, 1.165) is 31.0 Å². The predicted octanol–water partition coefficient (Wildman–Crippen LogP) is 1.69. The van der Waals surface area contributed by atoms with Crippen molar-refractivity contribution in [2.45, 2.75) is 13.0 Å². The van der Waals surface area contributed by atoms with Crippen molar-refractivity contribution >= 4 is 0 Å². The van der Waals surface area contributed by atoms with E-state index in [2.05, 4.69) is 18.0 Å². The lowest BCUT2D eigenvalue weighted by Crippen LogP contribution is -2.26. The molecule has 15 heavy (non-hydrogen) atoms. The average Bonchev–Trinajstić information content (AvgIpc) is 2.27. The Bertz CT molecular complexity index is 346. The Morgan fingerprint density at radius 1 is 1.20 bits per heavy atom. The fraction of sp³-hybridized carbons (Fsp3) is 0.500. The Morgan fingerprint density at radius 2 is 2.00 bits per heavy atom. The first-order valence-electron chi connectivity index (χ1n) is 5.17. The molecule has 1 aromatic rings. The van der Waals surface area contributed by atoms with Gasteiger partial charge in [-0.15, -0.1) is 0 Å². The first kappa shape index (κ1) is 10.3. The van der Waals surface area contributed by atoms with Gasteiger partial charge < -0.3 is 14.4 Å². The van der Waals surface area contributed by atoms with E-state index in [9.17, 15) is 0 Å². The average molecular weight is 207 g/mol. The Balaban J connectivity index is 2.44. The van der Waals surface area contributed by atoms with Gasteiger partial charge in [0, 0.05) is 24.7 Å². The van der Waals surface area contributed by atoms with Gasteiger partial charge in [0.25, 0.3) is 0 Å². The summed E-state index contributed by atoms with van der Waals surface area (Å²) in [7, 11) is 5.53. The molecule has 0 fully saturated rings. The third-order valence-corrected chi connectivity index (χ3v) is 2.92. The smallest absolute Gasteiger partial charge is 0.127 e. The third-order valence-electron chi connectivity index (χ3n) is 2.92. The van der Waals surface area contributed by atoms with Crippen molar-refractivity contribution in [1.82, 2.24) is 4.90 Å². The van der Waals surface area contributed by atoms with Gasteiger partial charge in [-0.1, -0.05) is 0 Å². The Labute approximate surface area is 90.6 Å². The number of nitrogens with zero attached hydrogens (tertiary/aromatic N) is 1. The van der Waals surface area contributed by atoms with Gasteiger partial charge in [-0.2, -0.15) is 0 Å². The highest BCUT2D eigenvalue weighted by Crippen LogP contribution is 2.32. The highest BCUT2D eigenvalue weighted by molar-refractivity contribution is 5.47. The van der Waals surface area contributed by atoms with Crippen LogP contribution in [0.1, 0.15) is 11.1 Å². The first-order valence-corrected chi connectivity index (χ1v) is 5.17. The molecule has 1 aliphatic rings. The van der Waals surface area contributed by atoms with Crippen LogP contribution in [0, 0.1) is 0 Å². The van der Waals surface area contributed by atoms with Gasteiger partial charge in [-0.05, 0) is 25.1 Å². The number of hydrogen-bond donors (Lipinski definition) is 0. The summed E-state index contributed by atoms with van der Waals surface area (Å²) >= 11 is 0. The lowest BCUT2D eigenvalue weighted by molar-refractivity contribution is 0.300. The standard InChI is InChI=1S/C12H17NO2/c1-13-5-4-9-6-10(14-2)7-12(15-3)11(9)8-13/h6-7H,4-5,8H2,1-3H3. The SMILES string of the molecule is COc1cc2c(c(OC)c1)CN(C)CC2. The van der Waals surface area contributed by atoms with Crippen LogP contribution in [0.5, 0.6) is 11.5 Å². The molecule has 0 N–H and O–H groups in total. The molecular weight excluding hydrogens is 190 g/mol. The molecule has 2 rings (SSSR count). The molecule has 0 atom stereocenters. The normalized spacial score (nSPS) is 15.9. The first-order chi connectivity index (χ1) is 7.24. The Kier molecular flexibility index (Phi) is 2.82. The zero-order valence-electron chi connectivity index (χ0n) is 9.54. The van der Waals surface area contributed by atoms with Gasteiger partial charge in [-0.3, -0.25) is 0 Å². The molecule has 3 heteroatoms. The van der Waals surface area contributed by atoms with Gasteiger partial charge in [0.1, 0.15) is 11.5 Å². The summed E-state index contributed by atoms with van der Waals surface area (Å²) in [5.41, 5.74) is 2.65. The minimum atomic E-state index is 0.884. The minimum Gasteiger partial charge on any atom is -0.497 e. The molecule has 0 radical (unpaired) electrons. The minimum absolute atomic E-state index is 0.884. The maximum Gasteiger partial charge on any atom is 0.127 e. The zero-order valence-corrected chi connectivity index (χ0v) is 9.54. The predicted molar refractivity (Wildman–Crippen MR) is 59.6 cm³/mol. The molecule has 0 saturated carbocycles. The summed E-state index contributed by atoms with van der Waals surface area (Å²) in [5.74, 6) is 1.83. The lowest BCUT2D eigenvalue weighted by Gasteiger charge is -2.26. The molecule has 82 valence electrons. The van der Waals surface area contributed by atoms with Gasteiger partial charge in [0.2, 0.25) is 0 Å². The van der Waals surface area contributed by atoms with Crippen LogP contribution in [0.3, 0.4) is 0 Å². The van der Waals surface area contributed by atoms with E-state index in [1.807, 2.05) is 6.07 Å². The van der Waals surface area contributed by atoms with E-state index in [0.29, 0.717) is 0 Å². The maximum absolute atomic E-state index is 5.40. The number of benzene rings is 1. The second-order valence-corrected chi connectivity index (χ2v) is 3.96. The second-order valence-electron chi connectivity index (χ2n) is 3.96. The van der Waals surface area contributed by atoms with Crippen molar-refractivity contribution in [2.24, 2.45) is 0 Å². The molecule has 1 aliphatic heterocycles. The largest absolute Gasteiger partial charge is 0.497 e. The summed E-state index contributed by atoms with van der Waals surface area (Å²) in [6, 6.07) is 4.07. The fourth-order valence-corrected chi connectivity index (χ4v) is 2.04. The fourth-order valence-electron chi connectivity index (χ4n) is 2.04. The van der Waals surface area contributed by atoms with Crippen molar-refractivity contribution in [3.63, 3.8) is 0 Å². The highest BCUT2D eigenvalue weighted by atomic mass is 16.5. The van der Waals surface area contributed by atoms with Gasteiger partial charge in [0.15, 0.2) is 0 Å². The molecule has 0 aliphatic carbocycles. The van der Waals surface area contributed by atoms with Crippen LogP contribution >= 0.6 is 0 Å². The van der Waals surface area contributed by atoms with E-state index < -0.39 is 0 Å². The number of methoxy groups -OCH3 is 2. The number of rotatable bonds is 2. The van der Waals surface area contributed by atoms with Crippen LogP contribution in [-0.4, -0.2) is 32.7 Å². The monoisotopic (exact) mass is 207 g/mol. The molecule has 1 heterocycles. The maximum atomic E-state index is 5.40. The van der Waals surface area contributed by atoms with Crippen molar-refractivity contribution in [2.75, 3.05) is 27.8 Å². The quantitative estimate of drug-likeness (QED) is 0.736. The summed E-state index contributed by atoms with van der Waals surface area (Å²) in [4.78, 5) is 2.30. The summed E-state index contributed by atoms with van der Waals surface area (Å²) in [6.45, 7) is 2.06. The topological polar surface area (TPSA) is 21.7 Å². The van der Waals surface area contributed by atoms with Crippen LogP contribution < -0.4 is 9.47 Å². The van der Waals surface area contributed by atoms with Crippen LogP contribution in [0.4, 0.5) is 0 Å². The summed E-state index contributed by atoms with van der Waals surface area (Å²) in [6.07, 6.45) is 1.07. The Morgan fingerprint density at radius 3 is 2.67 bits per heavy atom. The van der Waals surface area contributed by atoms with Crippen molar-refractivity contribution < 1.29 is 9.47 Å². The van der Waals surface area contributed by atoms with E-state index in [4.69, 9.17) is 9.47 Å². The molecule has 0 saturated heterocycles. The summed E-state index contributed by atoms with van der Waals surface area (Å²) < 4.78 is 10.7. The molecular formula is C12H17NO2. The molecule has 1 aromatic carbocycles. The van der Waals surface area contributed by atoms with Crippen LogP contribution in [0.15, 0.2) is 12.1 Å². The molecule has 0 bridgehead atoms. The molecule has 0 amide bonds. The van der Waals surface area contributed by atoms with Crippen LogP contribution in [0.2, 0.25) is 0 Å². The summed E-state index contributed by atoms with van der Waals surface area (Å²) in [5, 5.41) is 0. The van der Waals surface area contributed by atoms with Gasteiger partial charge >= 0.3 is 0 Å². The molecule has 0 unspecified atom stereocenters. The van der Waals surface area contributed by atoms with E-state index >= 15 is 0 Å². The van der Waals surface area contributed by atoms with Crippen LogP contribution in [0.25, 0.3) is 0 Å².